The van der Waals surface area contributed by atoms with Crippen LogP contribution < -0.4 is 12.4 Å². The number of rotatable bonds is 8. The summed E-state index contributed by atoms with van der Waals surface area (Å²) in [6.07, 6.45) is 15.6. The summed E-state index contributed by atoms with van der Waals surface area (Å²) in [7, 11) is 1.47. The van der Waals surface area contributed by atoms with Crippen LogP contribution in [0.3, 0.4) is 0 Å². The molecule has 0 saturated heterocycles. The van der Waals surface area contributed by atoms with Crippen molar-refractivity contribution in [3.8, 4) is 0 Å². The Hall–Kier alpha value is -1.42. The number of esters is 2. The maximum absolute atomic E-state index is 12.3. The Balaban J connectivity index is 0.000000334. The van der Waals surface area contributed by atoms with E-state index in [4.69, 9.17) is 30.7 Å². The van der Waals surface area contributed by atoms with Gasteiger partial charge in [-0.2, -0.15) is 9.59 Å². The summed E-state index contributed by atoms with van der Waals surface area (Å²) in [5, 5.41) is 64.4. The number of methoxy groups -OCH3 is 1. The Labute approximate surface area is 452 Å². The van der Waals surface area contributed by atoms with E-state index in [-0.39, 0.29) is 93.5 Å². The summed E-state index contributed by atoms with van der Waals surface area (Å²) in [4.78, 5) is 50.4. The van der Waals surface area contributed by atoms with Crippen molar-refractivity contribution in [1.82, 2.24) is 0 Å². The molecule has 12 bridgehead atoms. The van der Waals surface area contributed by atoms with Gasteiger partial charge in [0.2, 0.25) is 5.24 Å². The molecule has 12 aliphatic carbocycles. The second-order valence-corrected chi connectivity index (χ2v) is 27.2. The maximum atomic E-state index is 12.3. The number of halogens is 2. The van der Waals surface area contributed by atoms with Gasteiger partial charge in [0.1, 0.15) is 5.60 Å². The fraction of sp³-hybridized carbons (Fsp3) is 0.836. The van der Waals surface area contributed by atoms with Crippen LogP contribution in [-0.4, -0.2) is 123 Å². The summed E-state index contributed by atoms with van der Waals surface area (Å²) in [5.41, 5.74) is -5.73. The van der Waals surface area contributed by atoms with Crippen LogP contribution in [0.1, 0.15) is 192 Å². The molecule has 8 unspecified atom stereocenters. The van der Waals surface area contributed by atoms with Crippen LogP contribution in [-0.2, 0) is 33.4 Å². The molecule has 8 atom stereocenters. The van der Waals surface area contributed by atoms with Crippen molar-refractivity contribution in [3.63, 3.8) is 0 Å². The van der Waals surface area contributed by atoms with Gasteiger partial charge in [0.05, 0.1) is 46.1 Å². The third-order valence-electron chi connectivity index (χ3n) is 19.2. The van der Waals surface area contributed by atoms with E-state index in [2.05, 4.69) is 20.1 Å². The van der Waals surface area contributed by atoms with E-state index < -0.39 is 44.4 Å². The van der Waals surface area contributed by atoms with Crippen molar-refractivity contribution in [2.75, 3.05) is 7.11 Å². The van der Waals surface area contributed by atoms with Crippen LogP contribution in [0, 0.1) is 57.7 Å². The average molecular weight is 1050 g/mol. The van der Waals surface area contributed by atoms with Crippen LogP contribution in [0.25, 0.3) is 0 Å². The first-order valence-corrected chi connectivity index (χ1v) is 25.1. The van der Waals surface area contributed by atoms with Gasteiger partial charge in [-0.05, 0) is 220 Å². The number of allylic oxidation sites excluding steroid dienone is 1. The topological polar surface area (TPSA) is 225 Å². The molecule has 13 nitrogen and oxygen atoms in total. The number of ether oxygens (including phenoxy) is 2. The van der Waals surface area contributed by atoms with Crippen molar-refractivity contribution in [2.45, 2.75) is 231 Å². The van der Waals surface area contributed by atoms with Gasteiger partial charge in [-0.1, -0.05) is 20.1 Å². The number of aliphatic hydroxyl groups is 6. The van der Waals surface area contributed by atoms with E-state index in [9.17, 15) is 45.0 Å². The van der Waals surface area contributed by atoms with Gasteiger partial charge in [-0.3, -0.25) is 9.59 Å². The van der Waals surface area contributed by atoms with Crippen molar-refractivity contribution in [2.24, 2.45) is 50.2 Å². The molecule has 12 fully saturated rings. The van der Waals surface area contributed by atoms with Crippen LogP contribution in [0.4, 0.5) is 0 Å². The minimum atomic E-state index is -0.871. The monoisotopic (exact) mass is 1050 g/mol. The van der Waals surface area contributed by atoms with Gasteiger partial charge in [0.25, 0.3) is 0 Å². The standard InChI is InChI=1S/C20H32O4.C16H28O3.C13H20O3.C4H5ClO.CO2.CH3.ClH.Mg/c1-13(2)15(21)24-20-9-14-7-18(11-20,16(3,4)22)10-19(8-14,12-20)17(5,6)23;1-12(2,17)14-5-11-6-15(8-14,13(3,4)18)10-16(19,7-11)9-14;1-11-3-9-4-12(6-11,10(14)16-2)8-13(15,5-9)7-11;1-3(2)4(5)6;2-1-3;;;/h14,22-23H,1,7-12H2,2-6H3;11,17-19H,5-10H2,1-4H3;9,15H,3-8H2,1-2H3;1H2,2H3;;1H3;1H;/q;;;;;-1;;+2/p-1. The van der Waals surface area contributed by atoms with Gasteiger partial charge < -0.3 is 59.9 Å². The van der Waals surface area contributed by atoms with Crippen molar-refractivity contribution < 1.29 is 76.5 Å². The largest absolute Gasteiger partial charge is 2.00 e. The van der Waals surface area contributed by atoms with Crippen LogP contribution >= 0.6 is 11.6 Å². The van der Waals surface area contributed by atoms with Crippen LogP contribution in [0.5, 0.6) is 0 Å². The molecule has 6 N–H and O–H groups in total. The molecular weight excluding hydrogens is 964 g/mol. The molecule has 71 heavy (non-hydrogen) atoms. The van der Waals surface area contributed by atoms with Gasteiger partial charge in [-0.25, -0.2) is 4.79 Å². The van der Waals surface area contributed by atoms with E-state index in [1.807, 2.05) is 55.4 Å². The molecule has 12 saturated carbocycles. The Kier molecular flexibility index (Phi) is 19.6. The Morgan fingerprint density at radius 1 is 0.577 bits per heavy atom. The Morgan fingerprint density at radius 2 is 0.915 bits per heavy atom. The number of hydrogen-bond acceptors (Lipinski definition) is 13. The van der Waals surface area contributed by atoms with E-state index in [1.165, 1.54) is 13.5 Å². The van der Waals surface area contributed by atoms with Crippen molar-refractivity contribution in [3.05, 3.63) is 31.7 Å². The quantitative estimate of drug-likeness (QED) is 0.0599. The van der Waals surface area contributed by atoms with E-state index >= 15 is 0 Å². The van der Waals surface area contributed by atoms with Crippen LogP contribution in [0.15, 0.2) is 24.3 Å². The van der Waals surface area contributed by atoms with Crippen LogP contribution in [0.2, 0.25) is 0 Å². The molecule has 0 aliphatic heterocycles. The molecule has 0 aromatic heterocycles. The summed E-state index contributed by atoms with van der Waals surface area (Å²) in [5.74, 6) is 0.886. The molecule has 12 aliphatic rings. The minimum absolute atomic E-state index is 0. The minimum Gasteiger partial charge on any atom is -1.00 e. The predicted molar refractivity (Wildman–Crippen MR) is 267 cm³/mol. The molecule has 402 valence electrons. The first-order valence-electron chi connectivity index (χ1n) is 24.7. The van der Waals surface area contributed by atoms with Crippen molar-refractivity contribution >= 4 is 58.0 Å². The van der Waals surface area contributed by atoms with Gasteiger partial charge >= 0.3 is 41.1 Å². The molecule has 0 amide bonds. The first-order chi connectivity index (χ1) is 30.6. The van der Waals surface area contributed by atoms with E-state index in [0.29, 0.717) is 61.0 Å². The molecule has 0 aromatic carbocycles. The zero-order valence-electron chi connectivity index (χ0n) is 45.4. The Bertz CT molecular complexity index is 1950. The molecule has 16 heteroatoms. The van der Waals surface area contributed by atoms with Gasteiger partial charge in [0, 0.05) is 32.8 Å². The second-order valence-electron chi connectivity index (χ2n) is 26.9. The maximum Gasteiger partial charge on any atom is 2.00 e. The third kappa shape index (κ3) is 12.7. The summed E-state index contributed by atoms with van der Waals surface area (Å²) < 4.78 is 11.0. The number of carbonyl (C=O) groups is 3. The smallest absolute Gasteiger partial charge is 1.00 e. The average Bonchev–Trinajstić information content (AvgIpc) is 3.10. The fourth-order valence-corrected chi connectivity index (χ4v) is 17.2. The first kappa shape index (κ1) is 65.7. The zero-order valence-corrected chi connectivity index (χ0v) is 48.3. The van der Waals surface area contributed by atoms with Gasteiger partial charge in [0.15, 0.2) is 0 Å². The molecule has 0 heterocycles. The molecule has 12 rings (SSSR count). The Morgan fingerprint density at radius 3 is 1.21 bits per heavy atom. The molecule has 0 aromatic rings. The van der Waals surface area contributed by atoms with E-state index in [0.717, 1.165) is 77.0 Å². The molecular formula is C55H88Cl2MgO13. The SMILES string of the molecule is C=C(C)C(=O)Cl.C=C(C)C(=O)OC12CC3CC(C(C)(C)O)(C1)CC(C(C)(C)O)(C3)C2.CC(C)(O)C12CC3CC(O)(C1)CC(C(C)(C)O)(C3)C2.COC(=O)C12CC3CC(C)(CC(O)(C3)C1)C2.O=C=O.[CH3-].[Cl-].[Mg+2]. The fourth-order valence-electron chi connectivity index (χ4n) is 17.2. The molecule has 0 spiro atoms. The summed E-state index contributed by atoms with van der Waals surface area (Å²) in [6, 6.07) is 0. The number of hydrogen-bond donors (Lipinski definition) is 6. The summed E-state index contributed by atoms with van der Waals surface area (Å²) in [6.45, 7) is 27.4. The molecule has 0 radical (unpaired) electrons. The summed E-state index contributed by atoms with van der Waals surface area (Å²) >= 11 is 4.87. The third-order valence-corrected chi connectivity index (χ3v) is 19.5. The van der Waals surface area contributed by atoms with E-state index in [1.54, 1.807) is 13.8 Å². The zero-order chi connectivity index (χ0) is 52.0. The number of carbonyl (C=O) groups excluding carboxylic acids is 5. The predicted octanol–water partition coefficient (Wildman–Crippen LogP) is 5.29. The van der Waals surface area contributed by atoms with Crippen molar-refractivity contribution in [1.29, 1.82) is 0 Å². The van der Waals surface area contributed by atoms with Gasteiger partial charge in [-0.15, -0.1) is 0 Å². The second kappa shape index (κ2) is 21.2. The normalized spacial score (nSPS) is 40.2.